The summed E-state index contributed by atoms with van der Waals surface area (Å²) < 4.78 is 0. The van der Waals surface area contributed by atoms with Crippen LogP contribution in [0.5, 0.6) is 0 Å². The van der Waals surface area contributed by atoms with Crippen LogP contribution in [0.2, 0.25) is 0 Å². The third kappa shape index (κ3) is 27.4. The van der Waals surface area contributed by atoms with Crippen molar-refractivity contribution in [2.24, 2.45) is 0 Å². The molecule has 0 aliphatic heterocycles. The Morgan fingerprint density at radius 1 is 1.00 bits per heavy atom. The van der Waals surface area contributed by atoms with Crippen molar-refractivity contribution in [2.45, 2.75) is 0 Å². The molecular weight excluding hydrogens is 110 g/mol. The molecule has 0 spiro atoms. The zero-order valence-corrected chi connectivity index (χ0v) is 7.18. The molecule has 0 aromatic rings. The first-order valence-corrected chi connectivity index (χ1v) is 0. The van der Waals surface area contributed by atoms with Gasteiger partial charge in [-0.25, -0.2) is 0 Å². The molecule has 0 atom stereocenters. The van der Waals surface area contributed by atoms with Crippen molar-refractivity contribution in [3.63, 3.8) is 0 Å². The van der Waals surface area contributed by atoms with Crippen LogP contribution in [-0.2, 0) is 0 Å². The second kappa shape index (κ2) is 44.4. The Morgan fingerprint density at radius 3 is 1.00 bits per heavy atom. The molecule has 0 rings (SSSR count). The van der Waals surface area contributed by atoms with E-state index in [1.165, 1.54) is 0 Å². The van der Waals surface area contributed by atoms with E-state index < -0.39 is 0 Å². The SMILES string of the molecule is O.[Al].[Na].[OH-].[Si]. The van der Waals surface area contributed by atoms with Crippen LogP contribution in [0.25, 0.3) is 0 Å². The summed E-state index contributed by atoms with van der Waals surface area (Å²) in [4.78, 5) is 0. The van der Waals surface area contributed by atoms with E-state index in [0.717, 1.165) is 0 Å². The van der Waals surface area contributed by atoms with Crippen LogP contribution in [0.15, 0.2) is 0 Å². The molecule has 24 valence electrons. The molecule has 0 fully saturated rings. The van der Waals surface area contributed by atoms with Gasteiger partial charge in [0.2, 0.25) is 0 Å². The summed E-state index contributed by atoms with van der Waals surface area (Å²) in [7, 11) is 0. The van der Waals surface area contributed by atoms with Crippen LogP contribution in [0.1, 0.15) is 0 Å². The Bertz CT molecular complexity index is 9.61. The van der Waals surface area contributed by atoms with Crippen LogP contribution >= 0.6 is 0 Å². The van der Waals surface area contributed by atoms with Gasteiger partial charge in [-0.1, -0.05) is 0 Å². The normalized spacial score (nSPS) is 0. The molecular formula is H3AlNaO2Si-. The van der Waals surface area contributed by atoms with Crippen molar-refractivity contribution in [3.05, 3.63) is 0 Å². The molecule has 0 amide bonds. The predicted octanol–water partition coefficient (Wildman–Crippen LogP) is -2.14. The third-order valence-electron chi connectivity index (χ3n) is 0. The second-order valence-corrected chi connectivity index (χ2v) is 0. The average Bonchev–Trinajstić information content (AvgIpc) is 0. The summed E-state index contributed by atoms with van der Waals surface area (Å²) in [6.07, 6.45) is 0. The Hall–Kier alpha value is 1.67. The fourth-order valence-corrected chi connectivity index (χ4v) is 0. The molecule has 0 aliphatic rings. The van der Waals surface area contributed by atoms with E-state index in [9.17, 15) is 0 Å². The van der Waals surface area contributed by atoms with Gasteiger partial charge in [-0.15, -0.1) is 0 Å². The zero-order valence-electron chi connectivity index (χ0n) is 3.02. The molecule has 5 heavy (non-hydrogen) atoms. The van der Waals surface area contributed by atoms with Crippen molar-refractivity contribution >= 4 is 57.9 Å². The van der Waals surface area contributed by atoms with Gasteiger partial charge in [-0.3, -0.25) is 0 Å². The molecule has 5 heteroatoms. The van der Waals surface area contributed by atoms with E-state index >= 15 is 0 Å². The molecule has 0 heterocycles. The van der Waals surface area contributed by atoms with Gasteiger partial charge < -0.3 is 11.0 Å². The minimum atomic E-state index is 0. The minimum absolute atomic E-state index is 0. The summed E-state index contributed by atoms with van der Waals surface area (Å²) in [5.41, 5.74) is 0. The minimum Gasteiger partial charge on any atom is -0.870 e. The molecule has 3 N–H and O–H groups in total. The molecule has 2 nitrogen and oxygen atoms in total. The van der Waals surface area contributed by atoms with E-state index in [4.69, 9.17) is 0 Å². The third-order valence-corrected chi connectivity index (χ3v) is 0. The van der Waals surface area contributed by atoms with E-state index in [2.05, 4.69) is 0 Å². The average molecular weight is 113 g/mol. The largest absolute Gasteiger partial charge is 0.870 e. The summed E-state index contributed by atoms with van der Waals surface area (Å²) in [6, 6.07) is 0. The van der Waals surface area contributed by atoms with Crippen molar-refractivity contribution in [3.8, 4) is 0 Å². The number of hydrogen-bond donors (Lipinski definition) is 0. The molecule has 8 radical (unpaired) electrons. The van der Waals surface area contributed by atoms with Crippen molar-refractivity contribution in [1.82, 2.24) is 0 Å². The molecule has 0 saturated carbocycles. The standard InChI is InChI=1S/Al.Na.2H2O.Si/h;;2*1H2;/p-1. The van der Waals surface area contributed by atoms with Crippen molar-refractivity contribution < 1.29 is 11.0 Å². The molecule has 0 bridgehead atoms. The van der Waals surface area contributed by atoms with Gasteiger partial charge in [0.25, 0.3) is 0 Å². The van der Waals surface area contributed by atoms with Gasteiger partial charge in [0, 0.05) is 57.9 Å². The van der Waals surface area contributed by atoms with Gasteiger partial charge in [0.1, 0.15) is 0 Å². The van der Waals surface area contributed by atoms with Crippen LogP contribution in [0, 0.1) is 0 Å². The topological polar surface area (TPSA) is 61.5 Å². The van der Waals surface area contributed by atoms with Crippen molar-refractivity contribution in [1.29, 1.82) is 0 Å². The Labute approximate surface area is 68.4 Å². The molecule has 0 aromatic carbocycles. The van der Waals surface area contributed by atoms with E-state index in [0.29, 0.717) is 0 Å². The first kappa shape index (κ1) is 76.9. The fraction of sp³-hybridized carbons (Fsp3) is 0. The first-order chi connectivity index (χ1) is 0. The predicted molar refractivity (Wildman–Crippen MR) is 22.8 cm³/mol. The van der Waals surface area contributed by atoms with E-state index in [-0.39, 0.29) is 68.8 Å². The van der Waals surface area contributed by atoms with Gasteiger partial charge in [-0.05, 0) is 0 Å². The van der Waals surface area contributed by atoms with Crippen LogP contribution in [0.3, 0.4) is 0 Å². The van der Waals surface area contributed by atoms with Gasteiger partial charge in [-0.2, -0.15) is 0 Å². The molecule has 0 unspecified atom stereocenters. The molecule has 0 aliphatic carbocycles. The monoisotopic (exact) mass is 113 g/mol. The number of hydrogen-bond acceptors (Lipinski definition) is 1. The van der Waals surface area contributed by atoms with Gasteiger partial charge in [0.05, 0.1) is 0 Å². The number of rotatable bonds is 0. The first-order valence-electron chi connectivity index (χ1n) is 0. The van der Waals surface area contributed by atoms with E-state index in [1.54, 1.807) is 0 Å². The quantitative estimate of drug-likeness (QED) is 0.330. The smallest absolute Gasteiger partial charge is 0 e. The summed E-state index contributed by atoms with van der Waals surface area (Å²) in [6.45, 7) is 0. The van der Waals surface area contributed by atoms with Gasteiger partial charge in [0.15, 0.2) is 0 Å². The van der Waals surface area contributed by atoms with Crippen molar-refractivity contribution in [2.75, 3.05) is 0 Å². The summed E-state index contributed by atoms with van der Waals surface area (Å²) in [5.74, 6) is 0. The van der Waals surface area contributed by atoms with Crippen LogP contribution in [-0.4, -0.2) is 68.8 Å². The maximum Gasteiger partial charge on any atom is 0 e. The summed E-state index contributed by atoms with van der Waals surface area (Å²) in [5, 5.41) is 0. The maximum absolute atomic E-state index is 0. The fourth-order valence-electron chi connectivity index (χ4n) is 0. The maximum atomic E-state index is 0. The molecule has 0 saturated heterocycles. The Morgan fingerprint density at radius 2 is 1.00 bits per heavy atom. The molecule has 0 aromatic heterocycles. The van der Waals surface area contributed by atoms with Crippen LogP contribution in [0.4, 0.5) is 0 Å². The Balaban J connectivity index is 0. The Kier molecular flexibility index (Phi) is 682. The van der Waals surface area contributed by atoms with E-state index in [1.807, 2.05) is 0 Å². The zero-order chi connectivity index (χ0) is 0. The van der Waals surface area contributed by atoms with Crippen LogP contribution < -0.4 is 0 Å². The van der Waals surface area contributed by atoms with Gasteiger partial charge >= 0.3 is 0 Å². The summed E-state index contributed by atoms with van der Waals surface area (Å²) >= 11 is 0. The second-order valence-electron chi connectivity index (χ2n) is 0.